The fourth-order valence-corrected chi connectivity index (χ4v) is 2.83. The molecule has 0 bridgehead atoms. The molecule has 6 nitrogen and oxygen atoms in total. The van der Waals surface area contributed by atoms with Gasteiger partial charge in [-0.25, -0.2) is 4.98 Å². The monoisotopic (exact) mass is 323 g/mol. The first-order chi connectivity index (χ1) is 11.7. The van der Waals surface area contributed by atoms with E-state index in [1.807, 2.05) is 54.0 Å². The number of nitrogens with zero attached hydrogens (tertiary/aromatic N) is 2. The smallest absolute Gasteiger partial charge is 0.157 e. The van der Waals surface area contributed by atoms with Crippen LogP contribution in [-0.2, 0) is 0 Å². The van der Waals surface area contributed by atoms with E-state index in [9.17, 15) is 0 Å². The van der Waals surface area contributed by atoms with E-state index in [2.05, 4.69) is 5.32 Å². The molecule has 0 amide bonds. The predicted molar refractivity (Wildman–Crippen MR) is 93.1 cm³/mol. The maximum atomic E-state index is 5.98. The average Bonchev–Trinajstić information content (AvgIpc) is 3.20. The molecule has 4 rings (SSSR count). The maximum Gasteiger partial charge on any atom is 0.157 e. The summed E-state index contributed by atoms with van der Waals surface area (Å²) in [6.45, 7) is 0. The molecule has 0 spiro atoms. The van der Waals surface area contributed by atoms with Crippen LogP contribution in [0.2, 0.25) is 0 Å². The van der Waals surface area contributed by atoms with E-state index >= 15 is 0 Å². The van der Waals surface area contributed by atoms with Crippen molar-refractivity contribution in [3.8, 4) is 23.0 Å². The van der Waals surface area contributed by atoms with E-state index in [1.54, 1.807) is 14.2 Å². The Morgan fingerprint density at radius 2 is 1.83 bits per heavy atom. The largest absolute Gasteiger partial charge is 0.497 e. The Morgan fingerprint density at radius 3 is 2.58 bits per heavy atom. The molecule has 0 unspecified atom stereocenters. The second kappa shape index (κ2) is 5.49. The number of benzene rings is 1. The Balaban J connectivity index is 1.91. The van der Waals surface area contributed by atoms with Gasteiger partial charge in [-0.15, -0.1) is 0 Å². The van der Waals surface area contributed by atoms with Crippen molar-refractivity contribution >= 4 is 22.4 Å². The lowest BCUT2D eigenvalue weighted by Crippen LogP contribution is -1.95. The highest BCUT2D eigenvalue weighted by atomic mass is 16.5. The first-order valence-electron chi connectivity index (χ1n) is 7.55. The number of methoxy groups -OCH3 is 2. The van der Waals surface area contributed by atoms with Gasteiger partial charge in [0, 0.05) is 24.7 Å². The van der Waals surface area contributed by atoms with E-state index in [0.717, 1.165) is 39.6 Å². The molecule has 0 saturated heterocycles. The van der Waals surface area contributed by atoms with Crippen molar-refractivity contribution in [2.75, 3.05) is 26.6 Å². The van der Waals surface area contributed by atoms with Crippen molar-refractivity contribution in [1.29, 1.82) is 0 Å². The van der Waals surface area contributed by atoms with Crippen LogP contribution >= 0.6 is 0 Å². The maximum absolute atomic E-state index is 5.98. The van der Waals surface area contributed by atoms with E-state index in [-0.39, 0.29) is 0 Å². The third-order valence-electron chi connectivity index (χ3n) is 4.03. The number of furan rings is 1. The average molecular weight is 323 g/mol. The predicted octanol–water partition coefficient (Wildman–Crippen LogP) is 3.81. The number of hydrogen-bond acceptors (Lipinski definition) is 5. The van der Waals surface area contributed by atoms with Crippen molar-refractivity contribution in [3.05, 3.63) is 42.6 Å². The fraction of sp³-hybridized carbons (Fsp3) is 0.167. The summed E-state index contributed by atoms with van der Waals surface area (Å²) in [5, 5.41) is 4.17. The van der Waals surface area contributed by atoms with Crippen molar-refractivity contribution in [3.63, 3.8) is 0 Å². The highest BCUT2D eigenvalue weighted by Gasteiger charge is 2.17. The van der Waals surface area contributed by atoms with Crippen molar-refractivity contribution in [2.45, 2.75) is 0 Å². The summed E-state index contributed by atoms with van der Waals surface area (Å²) < 4.78 is 18.5. The Morgan fingerprint density at radius 1 is 1.04 bits per heavy atom. The second-order valence-corrected chi connectivity index (χ2v) is 5.37. The normalized spacial score (nSPS) is 11.1. The highest BCUT2D eigenvalue weighted by Crippen LogP contribution is 2.34. The van der Waals surface area contributed by atoms with Gasteiger partial charge in [0.1, 0.15) is 34.2 Å². The summed E-state index contributed by atoms with van der Waals surface area (Å²) in [7, 11) is 5.15. The molecular formula is C18H17N3O3. The van der Waals surface area contributed by atoms with Gasteiger partial charge in [0.2, 0.25) is 0 Å². The molecular weight excluding hydrogens is 306 g/mol. The SMILES string of the molecule is CNc1c(-c2cc3cc(OC)ccc3o2)nc2cc(OC)ccn12. The van der Waals surface area contributed by atoms with Gasteiger partial charge in [-0.3, -0.25) is 4.40 Å². The summed E-state index contributed by atoms with van der Waals surface area (Å²) in [6, 6.07) is 11.5. The molecule has 3 heterocycles. The quantitative estimate of drug-likeness (QED) is 0.619. The van der Waals surface area contributed by atoms with Crippen LogP contribution in [0, 0.1) is 0 Å². The van der Waals surface area contributed by atoms with E-state index < -0.39 is 0 Å². The summed E-state index contributed by atoms with van der Waals surface area (Å²) >= 11 is 0. The molecule has 0 radical (unpaired) electrons. The molecule has 6 heteroatoms. The lowest BCUT2D eigenvalue weighted by Gasteiger charge is -2.03. The van der Waals surface area contributed by atoms with Crippen LogP contribution < -0.4 is 14.8 Å². The number of fused-ring (bicyclic) bond motifs is 2. The fourth-order valence-electron chi connectivity index (χ4n) is 2.83. The van der Waals surface area contributed by atoms with Crippen LogP contribution in [-0.4, -0.2) is 30.7 Å². The summed E-state index contributed by atoms with van der Waals surface area (Å²) in [5.74, 6) is 3.11. The van der Waals surface area contributed by atoms with Gasteiger partial charge < -0.3 is 19.2 Å². The molecule has 3 aromatic heterocycles. The number of rotatable bonds is 4. The van der Waals surface area contributed by atoms with Crippen LogP contribution in [0.5, 0.6) is 11.5 Å². The Kier molecular flexibility index (Phi) is 3.30. The molecule has 122 valence electrons. The molecule has 0 aliphatic heterocycles. The van der Waals surface area contributed by atoms with E-state index in [4.69, 9.17) is 18.9 Å². The zero-order valence-corrected chi connectivity index (χ0v) is 13.7. The first-order valence-corrected chi connectivity index (χ1v) is 7.55. The molecule has 0 atom stereocenters. The Bertz CT molecular complexity index is 1030. The molecule has 1 aromatic carbocycles. The molecule has 0 fully saturated rings. The lowest BCUT2D eigenvalue weighted by atomic mass is 10.2. The van der Waals surface area contributed by atoms with Gasteiger partial charge in [0.05, 0.1) is 14.2 Å². The summed E-state index contributed by atoms with van der Waals surface area (Å²) in [4.78, 5) is 4.70. The van der Waals surface area contributed by atoms with E-state index in [1.165, 1.54) is 0 Å². The van der Waals surface area contributed by atoms with Crippen LogP contribution in [0.15, 0.2) is 47.0 Å². The topological polar surface area (TPSA) is 60.9 Å². The van der Waals surface area contributed by atoms with Gasteiger partial charge in [-0.1, -0.05) is 0 Å². The van der Waals surface area contributed by atoms with Gasteiger partial charge >= 0.3 is 0 Å². The lowest BCUT2D eigenvalue weighted by molar-refractivity contribution is 0.414. The highest BCUT2D eigenvalue weighted by molar-refractivity contribution is 5.86. The molecule has 4 aromatic rings. The zero-order chi connectivity index (χ0) is 16.7. The number of hydrogen-bond donors (Lipinski definition) is 1. The number of anilines is 1. The molecule has 24 heavy (non-hydrogen) atoms. The molecule has 0 aliphatic rings. The van der Waals surface area contributed by atoms with Crippen LogP contribution in [0.3, 0.4) is 0 Å². The first kappa shape index (κ1) is 14.4. The standard InChI is InChI=1S/C18H17N3O3/c1-19-18-17(20-16-10-13(23-3)6-7-21(16)18)15-9-11-8-12(22-2)4-5-14(11)24-15/h4-10,19H,1-3H3. The minimum absolute atomic E-state index is 0.699. The van der Waals surface area contributed by atoms with Crippen molar-refractivity contribution < 1.29 is 13.9 Å². The Labute approximate surface area is 138 Å². The summed E-state index contributed by atoms with van der Waals surface area (Å²) in [6.07, 6.45) is 1.92. The van der Waals surface area contributed by atoms with Gasteiger partial charge in [-0.2, -0.15) is 0 Å². The minimum Gasteiger partial charge on any atom is -0.497 e. The molecule has 1 N–H and O–H groups in total. The van der Waals surface area contributed by atoms with Crippen LogP contribution in [0.25, 0.3) is 28.1 Å². The van der Waals surface area contributed by atoms with Gasteiger partial charge in [0.15, 0.2) is 5.76 Å². The molecule has 0 aliphatic carbocycles. The van der Waals surface area contributed by atoms with Crippen LogP contribution in [0.4, 0.5) is 5.82 Å². The second-order valence-electron chi connectivity index (χ2n) is 5.37. The third kappa shape index (κ3) is 2.15. The minimum atomic E-state index is 0.699. The number of aromatic nitrogens is 2. The number of ether oxygens (including phenoxy) is 2. The van der Waals surface area contributed by atoms with Gasteiger partial charge in [-0.05, 0) is 30.3 Å². The van der Waals surface area contributed by atoms with E-state index in [0.29, 0.717) is 5.76 Å². The zero-order valence-electron chi connectivity index (χ0n) is 13.7. The summed E-state index contributed by atoms with van der Waals surface area (Å²) in [5.41, 5.74) is 2.33. The van der Waals surface area contributed by atoms with Crippen molar-refractivity contribution in [1.82, 2.24) is 9.38 Å². The number of imidazole rings is 1. The molecule has 0 saturated carbocycles. The number of nitrogens with one attached hydrogen (secondary N) is 1. The Hall–Kier alpha value is -3.15. The van der Waals surface area contributed by atoms with Gasteiger partial charge in [0.25, 0.3) is 0 Å². The van der Waals surface area contributed by atoms with Crippen molar-refractivity contribution in [2.24, 2.45) is 0 Å². The number of pyridine rings is 1. The van der Waals surface area contributed by atoms with Crippen LogP contribution in [0.1, 0.15) is 0 Å². The third-order valence-corrected chi connectivity index (χ3v) is 4.03.